The van der Waals surface area contributed by atoms with E-state index in [0.29, 0.717) is 5.92 Å². The second kappa shape index (κ2) is 6.06. The molecule has 2 aliphatic rings. The first-order valence-electron chi connectivity index (χ1n) is 10.1. The summed E-state index contributed by atoms with van der Waals surface area (Å²) in [4.78, 5) is 14.4. The van der Waals surface area contributed by atoms with Crippen LogP contribution in [-0.4, -0.2) is 16.1 Å². The summed E-state index contributed by atoms with van der Waals surface area (Å²) in [7, 11) is 0. The van der Waals surface area contributed by atoms with Crippen LogP contribution in [0.25, 0.3) is 0 Å². The van der Waals surface area contributed by atoms with Gasteiger partial charge in [0.25, 0.3) is 0 Å². The molecule has 2 aromatic carbocycles. The lowest BCUT2D eigenvalue weighted by Crippen LogP contribution is -2.54. The average molecular weight is 371 g/mol. The summed E-state index contributed by atoms with van der Waals surface area (Å²) in [5.41, 5.74) is 5.21. The monoisotopic (exact) mass is 370 g/mol. The number of aromatic nitrogens is 2. The zero-order valence-corrected chi connectivity index (χ0v) is 16.9. The summed E-state index contributed by atoms with van der Waals surface area (Å²) in [6.07, 6.45) is 4.85. The highest BCUT2D eigenvalue weighted by atomic mass is 15.5. The summed E-state index contributed by atoms with van der Waals surface area (Å²) in [5, 5.41) is 0. The standard InChI is InChI=1S/C24H26N4/c1-5-24(4)17(3)23-27(19-12-8-6-10-16(19)2)21-22(26-15-14-25-21)28(23)20-13-9-7-11-18(20)24/h6-15,17,23H,5H2,1-4H3. The van der Waals surface area contributed by atoms with Crippen molar-refractivity contribution in [3.63, 3.8) is 0 Å². The maximum Gasteiger partial charge on any atom is 0.178 e. The van der Waals surface area contributed by atoms with Crippen molar-refractivity contribution in [3.8, 4) is 0 Å². The average Bonchev–Trinajstić information content (AvgIpc) is 3.07. The van der Waals surface area contributed by atoms with E-state index < -0.39 is 0 Å². The quantitative estimate of drug-likeness (QED) is 0.578. The van der Waals surface area contributed by atoms with Crippen molar-refractivity contribution in [1.29, 1.82) is 0 Å². The molecule has 0 aliphatic carbocycles. The van der Waals surface area contributed by atoms with Crippen LogP contribution in [0.1, 0.15) is 38.3 Å². The third-order valence-electron chi connectivity index (χ3n) is 6.99. The zero-order chi connectivity index (χ0) is 19.5. The number of para-hydroxylation sites is 2. The van der Waals surface area contributed by atoms with E-state index in [1.165, 1.54) is 22.5 Å². The SMILES string of the molecule is CCC1(C)c2ccccc2N2c3nccnc3N(c3ccccc3C)C2C1C. The van der Waals surface area contributed by atoms with Crippen LogP contribution in [0.15, 0.2) is 60.9 Å². The van der Waals surface area contributed by atoms with Gasteiger partial charge in [-0.15, -0.1) is 0 Å². The molecule has 0 saturated carbocycles. The van der Waals surface area contributed by atoms with E-state index in [2.05, 4.69) is 86.0 Å². The second-order valence-electron chi connectivity index (χ2n) is 8.22. The summed E-state index contributed by atoms with van der Waals surface area (Å²) in [6.45, 7) is 9.27. The highest BCUT2D eigenvalue weighted by Gasteiger charge is 2.53. The van der Waals surface area contributed by atoms with Gasteiger partial charge >= 0.3 is 0 Å². The van der Waals surface area contributed by atoms with Crippen molar-refractivity contribution in [2.24, 2.45) is 5.92 Å². The molecule has 4 nitrogen and oxygen atoms in total. The van der Waals surface area contributed by atoms with Gasteiger partial charge in [-0.3, -0.25) is 0 Å². The van der Waals surface area contributed by atoms with Crippen molar-refractivity contribution in [1.82, 2.24) is 9.97 Å². The fourth-order valence-electron chi connectivity index (χ4n) is 5.08. The van der Waals surface area contributed by atoms with Gasteiger partial charge in [-0.1, -0.05) is 57.2 Å². The maximum atomic E-state index is 4.79. The molecule has 1 aromatic heterocycles. The van der Waals surface area contributed by atoms with E-state index in [9.17, 15) is 0 Å². The number of aryl methyl sites for hydroxylation is 1. The summed E-state index contributed by atoms with van der Waals surface area (Å²) < 4.78 is 0. The van der Waals surface area contributed by atoms with Crippen molar-refractivity contribution in [2.45, 2.75) is 45.7 Å². The molecule has 142 valence electrons. The number of hydrogen-bond donors (Lipinski definition) is 0. The molecular formula is C24H26N4. The first-order chi connectivity index (χ1) is 13.6. The van der Waals surface area contributed by atoms with Crippen LogP contribution in [0.3, 0.4) is 0 Å². The zero-order valence-electron chi connectivity index (χ0n) is 16.9. The Bertz CT molecular complexity index is 1050. The molecule has 0 radical (unpaired) electrons. The van der Waals surface area contributed by atoms with Crippen LogP contribution in [0.2, 0.25) is 0 Å². The van der Waals surface area contributed by atoms with Crippen molar-refractivity contribution in [3.05, 3.63) is 72.1 Å². The summed E-state index contributed by atoms with van der Waals surface area (Å²) in [5.74, 6) is 2.29. The van der Waals surface area contributed by atoms with Crippen LogP contribution in [0, 0.1) is 12.8 Å². The molecule has 4 heteroatoms. The Morgan fingerprint density at radius 3 is 2.11 bits per heavy atom. The molecule has 0 spiro atoms. The van der Waals surface area contributed by atoms with Crippen molar-refractivity contribution < 1.29 is 0 Å². The Balaban J connectivity index is 1.81. The van der Waals surface area contributed by atoms with Crippen LogP contribution in [-0.2, 0) is 5.41 Å². The summed E-state index contributed by atoms with van der Waals surface area (Å²) in [6, 6.07) is 17.4. The smallest absolute Gasteiger partial charge is 0.178 e. The van der Waals surface area contributed by atoms with E-state index in [0.717, 1.165) is 18.1 Å². The van der Waals surface area contributed by atoms with Gasteiger partial charge in [0.1, 0.15) is 6.17 Å². The van der Waals surface area contributed by atoms with Gasteiger partial charge in [-0.2, -0.15) is 0 Å². The number of benzene rings is 2. The predicted molar refractivity (Wildman–Crippen MR) is 115 cm³/mol. The van der Waals surface area contributed by atoms with Gasteiger partial charge in [0, 0.05) is 35.1 Å². The fourth-order valence-corrected chi connectivity index (χ4v) is 5.08. The van der Waals surface area contributed by atoms with Crippen molar-refractivity contribution >= 4 is 23.0 Å². The largest absolute Gasteiger partial charge is 0.301 e. The topological polar surface area (TPSA) is 32.3 Å². The highest BCUT2D eigenvalue weighted by Crippen LogP contribution is 2.57. The number of rotatable bonds is 2. The molecule has 28 heavy (non-hydrogen) atoms. The second-order valence-corrected chi connectivity index (χ2v) is 8.22. The molecular weight excluding hydrogens is 344 g/mol. The highest BCUT2D eigenvalue weighted by molar-refractivity contribution is 5.86. The number of hydrogen-bond acceptors (Lipinski definition) is 4. The molecule has 0 amide bonds. The number of fused-ring (bicyclic) bond motifs is 5. The molecule has 3 heterocycles. The normalized spacial score (nSPS) is 25.3. The van der Waals surface area contributed by atoms with E-state index in [1.807, 2.05) is 0 Å². The van der Waals surface area contributed by atoms with Crippen LogP contribution in [0.4, 0.5) is 23.0 Å². The predicted octanol–water partition coefficient (Wildman–Crippen LogP) is 5.72. The molecule has 3 atom stereocenters. The third kappa shape index (κ3) is 2.12. The molecule has 3 unspecified atom stereocenters. The molecule has 0 fully saturated rings. The van der Waals surface area contributed by atoms with Crippen LogP contribution in [0.5, 0.6) is 0 Å². The maximum absolute atomic E-state index is 4.79. The van der Waals surface area contributed by atoms with E-state index >= 15 is 0 Å². The molecule has 2 aliphatic heterocycles. The fraction of sp³-hybridized carbons (Fsp3) is 0.333. The summed E-state index contributed by atoms with van der Waals surface area (Å²) >= 11 is 0. The minimum atomic E-state index is 0.0841. The van der Waals surface area contributed by atoms with Gasteiger partial charge in [0.05, 0.1) is 0 Å². The van der Waals surface area contributed by atoms with Crippen LogP contribution >= 0.6 is 0 Å². The Kier molecular flexibility index (Phi) is 3.73. The third-order valence-corrected chi connectivity index (χ3v) is 6.99. The van der Waals surface area contributed by atoms with E-state index in [1.54, 1.807) is 12.4 Å². The Hall–Kier alpha value is -2.88. The van der Waals surface area contributed by atoms with Gasteiger partial charge in [-0.25, -0.2) is 9.97 Å². The first-order valence-corrected chi connectivity index (χ1v) is 10.1. The minimum absolute atomic E-state index is 0.0841. The first kappa shape index (κ1) is 17.2. The van der Waals surface area contributed by atoms with E-state index in [4.69, 9.17) is 9.97 Å². The van der Waals surface area contributed by atoms with Gasteiger partial charge < -0.3 is 9.80 Å². The molecule has 0 saturated heterocycles. The lowest BCUT2D eigenvalue weighted by molar-refractivity contribution is 0.248. The molecule has 0 bridgehead atoms. The number of anilines is 4. The Labute approximate surface area is 166 Å². The van der Waals surface area contributed by atoms with Crippen LogP contribution < -0.4 is 9.80 Å². The minimum Gasteiger partial charge on any atom is -0.301 e. The molecule has 0 N–H and O–H groups in total. The molecule has 3 aromatic rings. The Morgan fingerprint density at radius 1 is 0.893 bits per heavy atom. The number of nitrogens with zero attached hydrogens (tertiary/aromatic N) is 4. The van der Waals surface area contributed by atoms with Gasteiger partial charge in [0.2, 0.25) is 0 Å². The van der Waals surface area contributed by atoms with Gasteiger partial charge in [-0.05, 0) is 36.6 Å². The van der Waals surface area contributed by atoms with E-state index in [-0.39, 0.29) is 11.6 Å². The van der Waals surface area contributed by atoms with Gasteiger partial charge in [0.15, 0.2) is 11.6 Å². The molecule has 5 rings (SSSR count). The van der Waals surface area contributed by atoms with Crippen molar-refractivity contribution in [2.75, 3.05) is 9.80 Å². The Morgan fingerprint density at radius 2 is 1.46 bits per heavy atom. The lowest BCUT2D eigenvalue weighted by Gasteiger charge is -2.50. The lowest BCUT2D eigenvalue weighted by atomic mass is 9.66.